The highest BCUT2D eigenvalue weighted by atomic mass is 16.5. The number of benzene rings is 1. The van der Waals surface area contributed by atoms with Crippen LogP contribution < -0.4 is 10.1 Å². The smallest absolute Gasteiger partial charge is 0.321 e. The molecular formula is C17H24N2O4. The first-order chi connectivity index (χ1) is 10.9. The van der Waals surface area contributed by atoms with Gasteiger partial charge in [-0.15, -0.1) is 0 Å². The molecule has 1 heterocycles. The van der Waals surface area contributed by atoms with Gasteiger partial charge < -0.3 is 20.1 Å². The van der Waals surface area contributed by atoms with Gasteiger partial charge in [0.2, 0.25) is 0 Å². The van der Waals surface area contributed by atoms with Gasteiger partial charge in [-0.25, -0.2) is 4.79 Å². The van der Waals surface area contributed by atoms with Gasteiger partial charge in [-0.2, -0.15) is 0 Å². The van der Waals surface area contributed by atoms with E-state index < -0.39 is 11.9 Å². The predicted molar refractivity (Wildman–Crippen MR) is 87.9 cm³/mol. The van der Waals surface area contributed by atoms with E-state index >= 15 is 0 Å². The number of amides is 2. The molecule has 126 valence electrons. The molecule has 6 nitrogen and oxygen atoms in total. The van der Waals surface area contributed by atoms with E-state index in [2.05, 4.69) is 5.32 Å². The Bertz CT molecular complexity index is 586. The topological polar surface area (TPSA) is 78.9 Å². The maximum Gasteiger partial charge on any atom is 0.321 e. The molecule has 2 rings (SSSR count). The Morgan fingerprint density at radius 3 is 2.74 bits per heavy atom. The van der Waals surface area contributed by atoms with Gasteiger partial charge in [0.1, 0.15) is 5.75 Å². The number of carbonyl (C=O) groups is 2. The highest BCUT2D eigenvalue weighted by molar-refractivity contribution is 5.90. The van der Waals surface area contributed by atoms with Crippen LogP contribution in [-0.2, 0) is 4.79 Å². The van der Waals surface area contributed by atoms with Crippen LogP contribution in [0.3, 0.4) is 0 Å². The summed E-state index contributed by atoms with van der Waals surface area (Å²) >= 11 is 0. The maximum atomic E-state index is 12.3. The Labute approximate surface area is 136 Å². The standard InChI is InChI=1S/C17H24N2O4/c1-11(2)23-15-7-6-14(9-12(15)3)18-17(22)19-8-4-5-13(10-19)16(20)21/h6-7,9,11,13H,4-5,8,10H2,1-3H3,(H,18,22)(H,20,21). The number of rotatable bonds is 4. The molecule has 0 spiro atoms. The zero-order valence-corrected chi connectivity index (χ0v) is 13.8. The molecular weight excluding hydrogens is 296 g/mol. The van der Waals surface area contributed by atoms with Gasteiger partial charge in [-0.05, 0) is 57.4 Å². The third kappa shape index (κ3) is 4.61. The summed E-state index contributed by atoms with van der Waals surface area (Å²) in [5, 5.41) is 11.9. The van der Waals surface area contributed by atoms with E-state index in [0.717, 1.165) is 11.3 Å². The van der Waals surface area contributed by atoms with E-state index in [1.54, 1.807) is 11.0 Å². The van der Waals surface area contributed by atoms with Crippen molar-refractivity contribution in [1.29, 1.82) is 0 Å². The number of aliphatic carboxylic acids is 1. The van der Waals surface area contributed by atoms with Crippen LogP contribution in [0.4, 0.5) is 10.5 Å². The Balaban J connectivity index is 2.00. The summed E-state index contributed by atoms with van der Waals surface area (Å²) in [6, 6.07) is 5.23. The second-order valence-corrected chi connectivity index (χ2v) is 6.20. The van der Waals surface area contributed by atoms with Crippen LogP contribution in [0.25, 0.3) is 0 Å². The molecule has 1 aromatic rings. The minimum absolute atomic E-state index is 0.0930. The van der Waals surface area contributed by atoms with Gasteiger partial charge in [0.15, 0.2) is 0 Å². The second-order valence-electron chi connectivity index (χ2n) is 6.20. The molecule has 1 unspecified atom stereocenters. The molecule has 0 aromatic heterocycles. The number of nitrogens with one attached hydrogen (secondary N) is 1. The third-order valence-corrected chi connectivity index (χ3v) is 3.85. The third-order valence-electron chi connectivity index (χ3n) is 3.85. The Morgan fingerprint density at radius 2 is 2.13 bits per heavy atom. The van der Waals surface area contributed by atoms with E-state index in [1.165, 1.54) is 0 Å². The summed E-state index contributed by atoms with van der Waals surface area (Å²) in [5.41, 5.74) is 1.62. The van der Waals surface area contributed by atoms with E-state index in [1.807, 2.05) is 32.9 Å². The van der Waals surface area contributed by atoms with E-state index in [9.17, 15) is 9.59 Å². The van der Waals surface area contributed by atoms with Crippen molar-refractivity contribution in [3.63, 3.8) is 0 Å². The number of aryl methyl sites for hydroxylation is 1. The normalized spacial score (nSPS) is 17.9. The second kappa shape index (κ2) is 7.35. The van der Waals surface area contributed by atoms with Crippen molar-refractivity contribution in [3.05, 3.63) is 23.8 Å². The molecule has 23 heavy (non-hydrogen) atoms. The number of urea groups is 1. The minimum atomic E-state index is -0.839. The lowest BCUT2D eigenvalue weighted by Crippen LogP contribution is -2.44. The van der Waals surface area contributed by atoms with Gasteiger partial charge in [-0.1, -0.05) is 0 Å². The molecule has 0 saturated carbocycles. The van der Waals surface area contributed by atoms with Crippen LogP contribution in [0.2, 0.25) is 0 Å². The van der Waals surface area contributed by atoms with E-state index in [0.29, 0.717) is 25.1 Å². The average Bonchev–Trinajstić information content (AvgIpc) is 2.49. The number of nitrogens with zero attached hydrogens (tertiary/aromatic N) is 1. The Morgan fingerprint density at radius 1 is 1.39 bits per heavy atom. The van der Waals surface area contributed by atoms with Crippen LogP contribution in [0.15, 0.2) is 18.2 Å². The molecule has 0 aliphatic carbocycles. The molecule has 2 N–H and O–H groups in total. The van der Waals surface area contributed by atoms with Crippen LogP contribution in [-0.4, -0.2) is 41.2 Å². The molecule has 1 aliphatic heterocycles. The van der Waals surface area contributed by atoms with Crippen molar-refractivity contribution >= 4 is 17.7 Å². The minimum Gasteiger partial charge on any atom is -0.491 e. The Kier molecular flexibility index (Phi) is 5.47. The van der Waals surface area contributed by atoms with Crippen molar-refractivity contribution in [3.8, 4) is 5.75 Å². The van der Waals surface area contributed by atoms with Crippen molar-refractivity contribution < 1.29 is 19.4 Å². The van der Waals surface area contributed by atoms with Gasteiger partial charge in [0.25, 0.3) is 0 Å². The lowest BCUT2D eigenvalue weighted by Gasteiger charge is -2.30. The summed E-state index contributed by atoms with van der Waals surface area (Å²) in [6.07, 6.45) is 1.43. The summed E-state index contributed by atoms with van der Waals surface area (Å²) in [7, 11) is 0. The lowest BCUT2D eigenvalue weighted by atomic mass is 9.99. The van der Waals surface area contributed by atoms with E-state index in [-0.39, 0.29) is 18.7 Å². The highest BCUT2D eigenvalue weighted by Gasteiger charge is 2.28. The largest absolute Gasteiger partial charge is 0.491 e. The molecule has 6 heteroatoms. The molecule has 1 atom stereocenters. The van der Waals surface area contributed by atoms with Crippen LogP contribution in [0.1, 0.15) is 32.3 Å². The number of anilines is 1. The van der Waals surface area contributed by atoms with Crippen molar-refractivity contribution in [2.75, 3.05) is 18.4 Å². The van der Waals surface area contributed by atoms with Crippen molar-refractivity contribution in [1.82, 2.24) is 4.90 Å². The average molecular weight is 320 g/mol. The monoisotopic (exact) mass is 320 g/mol. The van der Waals surface area contributed by atoms with Gasteiger partial charge in [0, 0.05) is 18.8 Å². The summed E-state index contributed by atoms with van der Waals surface area (Å²) < 4.78 is 5.67. The van der Waals surface area contributed by atoms with Crippen molar-refractivity contribution in [2.45, 2.75) is 39.7 Å². The number of carboxylic acid groups (broad SMARTS) is 1. The first-order valence-electron chi connectivity index (χ1n) is 7.93. The summed E-state index contributed by atoms with van der Waals surface area (Å²) in [6.45, 7) is 6.70. The molecule has 1 saturated heterocycles. The first kappa shape index (κ1) is 17.1. The number of carbonyl (C=O) groups excluding carboxylic acids is 1. The summed E-state index contributed by atoms with van der Waals surface area (Å²) in [4.78, 5) is 24.9. The molecule has 1 aliphatic rings. The fourth-order valence-corrected chi connectivity index (χ4v) is 2.68. The van der Waals surface area contributed by atoms with Gasteiger partial charge >= 0.3 is 12.0 Å². The van der Waals surface area contributed by atoms with E-state index in [4.69, 9.17) is 9.84 Å². The molecule has 0 radical (unpaired) electrons. The summed E-state index contributed by atoms with van der Waals surface area (Å²) in [5.74, 6) is -0.520. The molecule has 1 fully saturated rings. The quantitative estimate of drug-likeness (QED) is 0.893. The molecule has 0 bridgehead atoms. The van der Waals surface area contributed by atoms with Crippen molar-refractivity contribution in [2.24, 2.45) is 5.92 Å². The number of ether oxygens (including phenoxy) is 1. The van der Waals surface area contributed by atoms with Crippen LogP contribution >= 0.6 is 0 Å². The number of piperidine rings is 1. The first-order valence-corrected chi connectivity index (χ1v) is 7.93. The zero-order chi connectivity index (χ0) is 17.0. The number of likely N-dealkylation sites (tertiary alicyclic amines) is 1. The number of hydrogen-bond donors (Lipinski definition) is 2. The molecule has 1 aromatic carbocycles. The van der Waals surface area contributed by atoms with Crippen LogP contribution in [0.5, 0.6) is 5.75 Å². The zero-order valence-electron chi connectivity index (χ0n) is 13.8. The Hall–Kier alpha value is -2.24. The fraction of sp³-hybridized carbons (Fsp3) is 0.529. The van der Waals surface area contributed by atoms with Crippen LogP contribution in [0, 0.1) is 12.8 Å². The predicted octanol–water partition coefficient (Wildman–Crippen LogP) is 3.11. The SMILES string of the molecule is Cc1cc(NC(=O)N2CCCC(C(=O)O)C2)ccc1OC(C)C. The maximum absolute atomic E-state index is 12.3. The van der Waals surface area contributed by atoms with Gasteiger partial charge in [-0.3, -0.25) is 4.79 Å². The highest BCUT2D eigenvalue weighted by Crippen LogP contribution is 2.24. The van der Waals surface area contributed by atoms with Gasteiger partial charge in [0.05, 0.1) is 12.0 Å². The number of hydrogen-bond acceptors (Lipinski definition) is 3. The lowest BCUT2D eigenvalue weighted by molar-refractivity contribution is -0.143. The fourth-order valence-electron chi connectivity index (χ4n) is 2.68. The number of carboxylic acids is 1. The molecule has 2 amide bonds.